The first kappa shape index (κ1) is 10.4. The molecular weight excluding hydrogens is 260 g/mol. The Morgan fingerprint density at radius 2 is 2.21 bits per heavy atom. The maximum absolute atomic E-state index is 12.0. The van der Waals surface area contributed by atoms with Crippen molar-refractivity contribution in [3.63, 3.8) is 0 Å². The molecular formula is C11H13BrOS. The van der Waals surface area contributed by atoms with E-state index < -0.39 is 0 Å². The minimum Gasteiger partial charge on any atom is -0.293 e. The lowest BCUT2D eigenvalue weighted by molar-refractivity contribution is 0.0957. The number of ketones is 1. The molecule has 1 heterocycles. The Labute approximate surface area is 96.6 Å². The van der Waals surface area contributed by atoms with Gasteiger partial charge < -0.3 is 0 Å². The summed E-state index contributed by atoms with van der Waals surface area (Å²) in [6.45, 7) is 6.34. The highest BCUT2D eigenvalue weighted by molar-refractivity contribution is 9.11. The summed E-state index contributed by atoms with van der Waals surface area (Å²) in [4.78, 5) is 12.9. The van der Waals surface area contributed by atoms with Gasteiger partial charge in [0.05, 0.1) is 8.66 Å². The molecule has 3 heteroatoms. The van der Waals surface area contributed by atoms with Crippen LogP contribution in [-0.4, -0.2) is 5.78 Å². The summed E-state index contributed by atoms with van der Waals surface area (Å²) in [6, 6.07) is 1.99. The van der Waals surface area contributed by atoms with Crippen molar-refractivity contribution in [1.29, 1.82) is 0 Å². The topological polar surface area (TPSA) is 17.1 Å². The van der Waals surface area contributed by atoms with Crippen LogP contribution in [0.15, 0.2) is 9.85 Å². The van der Waals surface area contributed by atoms with Gasteiger partial charge in [0.15, 0.2) is 5.78 Å². The zero-order valence-electron chi connectivity index (χ0n) is 8.56. The highest BCUT2D eigenvalue weighted by Crippen LogP contribution is 2.53. The lowest BCUT2D eigenvalue weighted by Gasteiger charge is -1.99. The molecule has 14 heavy (non-hydrogen) atoms. The molecule has 0 bridgehead atoms. The Hall–Kier alpha value is -0.150. The van der Waals surface area contributed by atoms with Gasteiger partial charge in [0.25, 0.3) is 0 Å². The molecule has 0 saturated heterocycles. The first-order valence-electron chi connectivity index (χ1n) is 4.72. The van der Waals surface area contributed by atoms with Gasteiger partial charge >= 0.3 is 0 Å². The summed E-state index contributed by atoms with van der Waals surface area (Å²) >= 11 is 5.01. The molecule has 0 spiro atoms. The highest BCUT2D eigenvalue weighted by Gasteiger charge is 2.50. The molecule has 2 rings (SSSR count). The molecule has 1 nitrogen and oxygen atoms in total. The second-order valence-electron chi connectivity index (χ2n) is 4.68. The summed E-state index contributed by atoms with van der Waals surface area (Å²) < 4.78 is 1.08. The van der Waals surface area contributed by atoms with Gasteiger partial charge in [-0.05, 0) is 46.3 Å². The molecule has 0 aliphatic heterocycles. The third-order valence-electron chi connectivity index (χ3n) is 2.93. The number of hydrogen-bond acceptors (Lipinski definition) is 2. The molecule has 0 amide bonds. The first-order chi connectivity index (χ1) is 6.42. The number of rotatable bonds is 2. The van der Waals surface area contributed by atoms with E-state index >= 15 is 0 Å². The Morgan fingerprint density at radius 1 is 1.64 bits per heavy atom. The molecule has 0 aromatic carbocycles. The van der Waals surface area contributed by atoms with Crippen LogP contribution in [0.4, 0.5) is 0 Å². The predicted molar refractivity (Wildman–Crippen MR) is 63.0 cm³/mol. The number of carbonyl (C=O) groups excluding carboxylic acids is 1. The van der Waals surface area contributed by atoms with E-state index in [9.17, 15) is 4.79 Å². The van der Waals surface area contributed by atoms with Crippen molar-refractivity contribution in [2.75, 3.05) is 0 Å². The Morgan fingerprint density at radius 3 is 2.57 bits per heavy atom. The van der Waals surface area contributed by atoms with Crippen molar-refractivity contribution in [2.24, 2.45) is 11.3 Å². The van der Waals surface area contributed by atoms with Gasteiger partial charge in [-0.2, -0.15) is 0 Å². The maximum atomic E-state index is 12.0. The van der Waals surface area contributed by atoms with Gasteiger partial charge in [0, 0.05) is 5.92 Å². The molecule has 0 radical (unpaired) electrons. The normalized spacial score (nSPS) is 23.6. The lowest BCUT2D eigenvalue weighted by atomic mass is 10.1. The van der Waals surface area contributed by atoms with Crippen molar-refractivity contribution in [2.45, 2.75) is 27.2 Å². The van der Waals surface area contributed by atoms with E-state index in [0.29, 0.717) is 5.78 Å². The molecule has 1 atom stereocenters. The van der Waals surface area contributed by atoms with Crippen LogP contribution in [0.2, 0.25) is 0 Å². The average molecular weight is 273 g/mol. The quantitative estimate of drug-likeness (QED) is 0.743. The van der Waals surface area contributed by atoms with E-state index in [0.717, 1.165) is 20.6 Å². The van der Waals surface area contributed by atoms with Gasteiger partial charge in [-0.3, -0.25) is 4.79 Å². The molecule has 1 aliphatic rings. The van der Waals surface area contributed by atoms with Crippen LogP contribution in [-0.2, 0) is 0 Å². The molecule has 0 N–H and O–H groups in total. The van der Waals surface area contributed by atoms with Crippen LogP contribution in [0.25, 0.3) is 0 Å². The minimum atomic E-state index is 0.238. The number of Topliss-reactive ketones (excluding diaryl/α,β-unsaturated/α-hetero) is 1. The smallest absolute Gasteiger partial charge is 0.176 e. The Kier molecular flexibility index (Phi) is 2.35. The number of hydrogen-bond donors (Lipinski definition) is 0. The van der Waals surface area contributed by atoms with E-state index in [-0.39, 0.29) is 11.3 Å². The van der Waals surface area contributed by atoms with Crippen LogP contribution in [0.3, 0.4) is 0 Å². The standard InChI is InChI=1S/C11H13BrOS/c1-6-4-8(14-10(6)12)9(13)7-5-11(7,2)3/h4,7H,5H2,1-3H3. The van der Waals surface area contributed by atoms with Crippen molar-refractivity contribution in [3.05, 3.63) is 20.3 Å². The van der Waals surface area contributed by atoms with Crippen LogP contribution in [0.1, 0.15) is 35.5 Å². The maximum Gasteiger partial charge on any atom is 0.176 e. The van der Waals surface area contributed by atoms with E-state index in [1.807, 2.05) is 13.0 Å². The summed E-state index contributed by atoms with van der Waals surface area (Å²) in [5.74, 6) is 0.584. The molecule has 1 fully saturated rings. The lowest BCUT2D eigenvalue weighted by Crippen LogP contribution is -2.04. The third kappa shape index (κ3) is 1.68. The van der Waals surface area contributed by atoms with E-state index in [2.05, 4.69) is 29.8 Å². The van der Waals surface area contributed by atoms with Gasteiger partial charge in [0.2, 0.25) is 0 Å². The van der Waals surface area contributed by atoms with Crippen molar-refractivity contribution in [1.82, 2.24) is 0 Å². The third-order valence-corrected chi connectivity index (χ3v) is 5.08. The van der Waals surface area contributed by atoms with E-state index in [4.69, 9.17) is 0 Å². The van der Waals surface area contributed by atoms with Gasteiger partial charge in [-0.25, -0.2) is 0 Å². The predicted octanol–water partition coefficient (Wildman–Crippen LogP) is 4.05. The minimum absolute atomic E-state index is 0.238. The van der Waals surface area contributed by atoms with Crippen molar-refractivity contribution < 1.29 is 4.79 Å². The monoisotopic (exact) mass is 272 g/mol. The Balaban J connectivity index is 2.21. The number of halogens is 1. The highest BCUT2D eigenvalue weighted by atomic mass is 79.9. The molecule has 1 aliphatic carbocycles. The fourth-order valence-corrected chi connectivity index (χ4v) is 3.20. The zero-order valence-corrected chi connectivity index (χ0v) is 11.0. The average Bonchev–Trinajstić information content (AvgIpc) is 2.59. The second kappa shape index (κ2) is 3.17. The number of aryl methyl sites for hydroxylation is 1. The molecule has 76 valence electrons. The number of thiophene rings is 1. The van der Waals surface area contributed by atoms with E-state index in [1.165, 1.54) is 0 Å². The summed E-state index contributed by atoms with van der Waals surface area (Å²) in [5, 5.41) is 0. The van der Waals surface area contributed by atoms with Crippen LogP contribution in [0.5, 0.6) is 0 Å². The SMILES string of the molecule is Cc1cc(C(=O)C2CC2(C)C)sc1Br. The van der Waals surface area contributed by atoms with Gasteiger partial charge in [-0.1, -0.05) is 13.8 Å². The Bertz CT molecular complexity index is 372. The van der Waals surface area contributed by atoms with Gasteiger partial charge in [0.1, 0.15) is 0 Å². The summed E-state index contributed by atoms with van der Waals surface area (Å²) in [5.41, 5.74) is 1.40. The van der Waals surface area contributed by atoms with Crippen LogP contribution >= 0.6 is 27.3 Å². The molecule has 1 aromatic heterocycles. The van der Waals surface area contributed by atoms with Crippen molar-refractivity contribution in [3.8, 4) is 0 Å². The molecule has 1 aromatic rings. The molecule has 1 saturated carbocycles. The van der Waals surface area contributed by atoms with E-state index in [1.54, 1.807) is 11.3 Å². The first-order valence-corrected chi connectivity index (χ1v) is 6.33. The summed E-state index contributed by atoms with van der Waals surface area (Å²) in [7, 11) is 0. The summed E-state index contributed by atoms with van der Waals surface area (Å²) in [6.07, 6.45) is 1.04. The second-order valence-corrected chi connectivity index (χ2v) is 7.05. The zero-order chi connectivity index (χ0) is 10.5. The fourth-order valence-electron chi connectivity index (χ4n) is 1.67. The molecule has 1 unspecified atom stereocenters. The van der Waals surface area contributed by atoms with Crippen LogP contribution < -0.4 is 0 Å². The van der Waals surface area contributed by atoms with Crippen molar-refractivity contribution >= 4 is 33.0 Å². The number of carbonyl (C=O) groups is 1. The largest absolute Gasteiger partial charge is 0.293 e. The van der Waals surface area contributed by atoms with Gasteiger partial charge in [-0.15, -0.1) is 11.3 Å². The van der Waals surface area contributed by atoms with Crippen LogP contribution in [0, 0.1) is 18.3 Å². The fraction of sp³-hybridized carbons (Fsp3) is 0.545.